The van der Waals surface area contributed by atoms with E-state index >= 15 is 0 Å². The van der Waals surface area contributed by atoms with E-state index in [1.807, 2.05) is 12.5 Å². The number of carbonyl (C=O) groups excluding carboxylic acids is 3. The maximum absolute atomic E-state index is 12.4. The Balaban J connectivity index is 4.71. The third-order valence-electron chi connectivity index (χ3n) is 3.44. The second-order valence-electron chi connectivity index (χ2n) is 5.90. The zero-order valence-electron chi connectivity index (χ0n) is 15.2. The van der Waals surface area contributed by atoms with Gasteiger partial charge in [-0.25, -0.2) is 4.79 Å². The molecule has 7 nitrogen and oxygen atoms in total. The third-order valence-corrected chi connectivity index (χ3v) is 4.78. The van der Waals surface area contributed by atoms with Gasteiger partial charge in [0.1, 0.15) is 6.04 Å². The lowest BCUT2D eigenvalue weighted by Gasteiger charge is -2.27. The zero-order chi connectivity index (χ0) is 18.8. The average Bonchev–Trinajstić information content (AvgIpc) is 2.56. The number of amides is 2. The van der Waals surface area contributed by atoms with Crippen LogP contribution in [0.5, 0.6) is 0 Å². The lowest BCUT2D eigenvalue weighted by atomic mass is 9.91. The molecule has 2 amide bonds. The Bertz CT molecular complexity index is 433. The van der Waals surface area contributed by atoms with Crippen molar-refractivity contribution in [3.8, 4) is 0 Å². The van der Waals surface area contributed by atoms with Crippen LogP contribution in [0.15, 0.2) is 0 Å². The van der Waals surface area contributed by atoms with Crippen LogP contribution in [-0.4, -0.2) is 74.6 Å². The largest absolute Gasteiger partial charge is 0.467 e. The zero-order valence-corrected chi connectivity index (χ0v) is 16.9. The molecule has 140 valence electrons. The van der Waals surface area contributed by atoms with E-state index in [0.717, 1.165) is 0 Å². The van der Waals surface area contributed by atoms with Gasteiger partial charge < -0.3 is 20.7 Å². The molecule has 0 saturated carbocycles. The number of methoxy groups -OCH3 is 1. The minimum atomic E-state index is -0.849. The van der Waals surface area contributed by atoms with Crippen LogP contribution in [0.4, 0.5) is 0 Å². The van der Waals surface area contributed by atoms with Gasteiger partial charge in [0.05, 0.1) is 18.6 Å². The highest BCUT2D eigenvalue weighted by Gasteiger charge is 2.32. The topological polar surface area (TPSA) is 96.5 Å². The van der Waals surface area contributed by atoms with E-state index < -0.39 is 17.4 Å². The Kier molecular flexibility index (Phi) is 11.1. The summed E-state index contributed by atoms with van der Waals surface area (Å²) in [4.78, 5) is 36.3. The van der Waals surface area contributed by atoms with Gasteiger partial charge in [-0.15, -0.1) is 0 Å². The van der Waals surface area contributed by atoms with Gasteiger partial charge in [0.25, 0.3) is 0 Å². The van der Waals surface area contributed by atoms with Crippen molar-refractivity contribution in [3.63, 3.8) is 0 Å². The fourth-order valence-electron chi connectivity index (χ4n) is 1.80. The van der Waals surface area contributed by atoms with Crippen LogP contribution >= 0.6 is 23.5 Å². The van der Waals surface area contributed by atoms with Crippen molar-refractivity contribution in [1.82, 2.24) is 16.0 Å². The number of carbonyl (C=O) groups is 3. The Morgan fingerprint density at radius 2 is 1.62 bits per heavy atom. The number of hydrogen-bond donors (Lipinski definition) is 3. The summed E-state index contributed by atoms with van der Waals surface area (Å²) in [5.74, 6) is 0.135. The lowest BCUT2D eigenvalue weighted by molar-refractivity contribution is -0.145. The Morgan fingerprint density at radius 1 is 1.08 bits per heavy atom. The number of thioether (sulfide) groups is 2. The molecule has 0 aliphatic carbocycles. The normalized spacial score (nSPS) is 13.8. The molecule has 0 aliphatic rings. The van der Waals surface area contributed by atoms with Gasteiger partial charge in [0.2, 0.25) is 11.8 Å². The first-order valence-electron chi connectivity index (χ1n) is 7.55. The maximum atomic E-state index is 12.4. The summed E-state index contributed by atoms with van der Waals surface area (Å²) in [6.45, 7) is 3.62. The van der Waals surface area contributed by atoms with E-state index in [9.17, 15) is 14.4 Å². The second-order valence-corrected chi connectivity index (χ2v) is 7.72. The molecule has 2 atom stereocenters. The average molecular weight is 380 g/mol. The van der Waals surface area contributed by atoms with E-state index in [4.69, 9.17) is 4.74 Å². The van der Waals surface area contributed by atoms with E-state index in [0.29, 0.717) is 11.5 Å². The molecule has 0 aliphatic heterocycles. The number of hydrogen-bond acceptors (Lipinski definition) is 7. The predicted molar refractivity (Wildman–Crippen MR) is 100 cm³/mol. The third kappa shape index (κ3) is 7.76. The highest BCUT2D eigenvalue weighted by atomic mass is 32.2. The van der Waals surface area contributed by atoms with Crippen molar-refractivity contribution in [2.24, 2.45) is 5.41 Å². The summed E-state index contributed by atoms with van der Waals surface area (Å²) in [6.07, 6.45) is 3.77. The number of likely N-dealkylation sites (N-methyl/N-ethyl adjacent to an activating group) is 1. The van der Waals surface area contributed by atoms with Gasteiger partial charge in [-0.05, 0) is 33.4 Å². The maximum Gasteiger partial charge on any atom is 0.329 e. The van der Waals surface area contributed by atoms with Gasteiger partial charge in [-0.3, -0.25) is 9.59 Å². The first-order chi connectivity index (χ1) is 11.2. The molecule has 0 heterocycles. The highest BCUT2D eigenvalue weighted by molar-refractivity contribution is 7.98. The summed E-state index contributed by atoms with van der Waals surface area (Å²) in [5.41, 5.74) is -0.849. The first kappa shape index (κ1) is 23.1. The quantitative estimate of drug-likeness (QED) is 0.438. The minimum Gasteiger partial charge on any atom is -0.467 e. The molecule has 0 aromatic rings. The summed E-state index contributed by atoms with van der Waals surface area (Å²) in [6, 6.07) is -1.01. The van der Waals surface area contributed by atoms with Crippen molar-refractivity contribution in [3.05, 3.63) is 0 Å². The lowest BCUT2D eigenvalue weighted by Crippen LogP contribution is -2.53. The molecule has 0 bridgehead atoms. The monoisotopic (exact) mass is 379 g/mol. The fourth-order valence-corrected chi connectivity index (χ4v) is 3.00. The van der Waals surface area contributed by atoms with Crippen molar-refractivity contribution < 1.29 is 19.1 Å². The Hall–Kier alpha value is -0.930. The van der Waals surface area contributed by atoms with E-state index in [-0.39, 0.29) is 24.4 Å². The SMILES string of the molecule is CNC(CSC)C(=O)NCC(C)(C)C(=O)NC(CSC)C(=O)OC. The van der Waals surface area contributed by atoms with E-state index in [2.05, 4.69) is 16.0 Å². The van der Waals surface area contributed by atoms with Crippen LogP contribution < -0.4 is 16.0 Å². The van der Waals surface area contributed by atoms with Crippen LogP contribution in [0.2, 0.25) is 0 Å². The summed E-state index contributed by atoms with van der Waals surface area (Å²) >= 11 is 3.01. The summed E-state index contributed by atoms with van der Waals surface area (Å²) in [5, 5.41) is 8.43. The molecular weight excluding hydrogens is 350 g/mol. The number of ether oxygens (including phenoxy) is 1. The van der Waals surface area contributed by atoms with Gasteiger partial charge in [0, 0.05) is 18.1 Å². The molecule has 0 radical (unpaired) electrons. The molecule has 9 heteroatoms. The Morgan fingerprint density at radius 3 is 2.08 bits per heavy atom. The van der Waals surface area contributed by atoms with Crippen molar-refractivity contribution >= 4 is 41.3 Å². The van der Waals surface area contributed by atoms with Crippen molar-refractivity contribution in [2.75, 3.05) is 44.7 Å². The summed E-state index contributed by atoms with van der Waals surface area (Å²) in [7, 11) is 3.01. The molecule has 0 rings (SSSR count). The molecule has 0 aromatic carbocycles. The van der Waals surface area contributed by atoms with Gasteiger partial charge in [-0.2, -0.15) is 23.5 Å². The molecule has 3 N–H and O–H groups in total. The second kappa shape index (κ2) is 11.6. The van der Waals surface area contributed by atoms with Crippen LogP contribution in [0.25, 0.3) is 0 Å². The molecule has 24 heavy (non-hydrogen) atoms. The van der Waals surface area contributed by atoms with E-state index in [1.165, 1.54) is 18.9 Å². The van der Waals surface area contributed by atoms with E-state index in [1.54, 1.807) is 32.7 Å². The first-order valence-corrected chi connectivity index (χ1v) is 10.3. The van der Waals surface area contributed by atoms with Crippen molar-refractivity contribution in [1.29, 1.82) is 0 Å². The molecule has 0 fully saturated rings. The molecule has 0 saturated heterocycles. The van der Waals surface area contributed by atoms with Gasteiger partial charge >= 0.3 is 5.97 Å². The summed E-state index contributed by atoms with van der Waals surface area (Å²) < 4.78 is 4.70. The number of nitrogens with one attached hydrogen (secondary N) is 3. The van der Waals surface area contributed by atoms with Crippen molar-refractivity contribution in [2.45, 2.75) is 25.9 Å². The van der Waals surface area contributed by atoms with Gasteiger partial charge in [0.15, 0.2) is 0 Å². The molecule has 0 spiro atoms. The fraction of sp³-hybridized carbons (Fsp3) is 0.800. The van der Waals surface area contributed by atoms with Crippen LogP contribution in [-0.2, 0) is 19.1 Å². The van der Waals surface area contributed by atoms with Crippen LogP contribution in [0.1, 0.15) is 13.8 Å². The number of rotatable bonds is 11. The smallest absolute Gasteiger partial charge is 0.329 e. The van der Waals surface area contributed by atoms with Crippen LogP contribution in [0.3, 0.4) is 0 Å². The molecule has 2 unspecified atom stereocenters. The van der Waals surface area contributed by atoms with Crippen LogP contribution in [0, 0.1) is 5.41 Å². The predicted octanol–water partition coefficient (Wildman–Crippen LogP) is 0.101. The molecule has 0 aromatic heterocycles. The number of esters is 1. The molecular formula is C15H29N3O4S2. The highest BCUT2D eigenvalue weighted by Crippen LogP contribution is 2.15. The minimum absolute atomic E-state index is 0.152. The Labute approximate surface area is 152 Å². The standard InChI is InChI=1S/C15H29N3O4S2/c1-15(2,9-17-12(19)10(16-3)7-23-5)14(21)18-11(8-24-6)13(20)22-4/h10-11,16H,7-9H2,1-6H3,(H,17,19)(H,18,21). The van der Waals surface area contributed by atoms with Gasteiger partial charge in [-0.1, -0.05) is 0 Å².